The first-order valence-corrected chi connectivity index (χ1v) is 11.0. The summed E-state index contributed by atoms with van der Waals surface area (Å²) >= 11 is 0. The molecule has 0 radical (unpaired) electrons. The number of ether oxygens (including phenoxy) is 2. The fraction of sp³-hybridized carbons (Fsp3) is 0.462. The maximum atomic E-state index is 12.4. The van der Waals surface area contributed by atoms with Gasteiger partial charge in [-0.25, -0.2) is 0 Å². The molecule has 1 saturated carbocycles. The van der Waals surface area contributed by atoms with Crippen molar-refractivity contribution in [1.82, 2.24) is 0 Å². The zero-order valence-corrected chi connectivity index (χ0v) is 18.4. The highest BCUT2D eigenvalue weighted by Gasteiger charge is 2.34. The summed E-state index contributed by atoms with van der Waals surface area (Å²) in [5.74, 6) is 2.49. The van der Waals surface area contributed by atoms with Crippen molar-refractivity contribution in [3.05, 3.63) is 58.7 Å². The van der Waals surface area contributed by atoms with Gasteiger partial charge in [0.15, 0.2) is 17.3 Å². The number of nitrogens with zero attached hydrogens (tertiary/aromatic N) is 1. The summed E-state index contributed by atoms with van der Waals surface area (Å²) < 4.78 is 11.2. The Balaban J connectivity index is 1.76. The van der Waals surface area contributed by atoms with Crippen LogP contribution in [0.2, 0.25) is 0 Å². The third-order valence-electron chi connectivity index (χ3n) is 6.31. The van der Waals surface area contributed by atoms with Crippen LogP contribution in [0, 0.1) is 5.92 Å². The number of methoxy groups -OCH3 is 2. The van der Waals surface area contributed by atoms with Crippen LogP contribution in [0.1, 0.15) is 78.9 Å². The van der Waals surface area contributed by atoms with Crippen molar-refractivity contribution < 1.29 is 14.3 Å². The van der Waals surface area contributed by atoms with Crippen LogP contribution in [0.3, 0.4) is 0 Å². The molecule has 0 amide bonds. The third kappa shape index (κ3) is 3.88. The standard InChI is InChI=1S/C26H31NO3/c1-16(2)13-23(28)17-9-11-18(12-10-17)26-21-15-25(30-4)24(29-3)14-20(21)19-7-5-6-8-22(19)27-26/h9-12,14-16,19,22H,5-8,13H2,1-4H3. The fourth-order valence-corrected chi connectivity index (χ4v) is 4.80. The molecule has 4 nitrogen and oxygen atoms in total. The number of aliphatic imine (C=N–C) groups is 1. The van der Waals surface area contributed by atoms with E-state index in [4.69, 9.17) is 14.5 Å². The van der Waals surface area contributed by atoms with E-state index in [2.05, 4.69) is 26.0 Å². The van der Waals surface area contributed by atoms with Crippen molar-refractivity contribution in [2.45, 2.75) is 57.9 Å². The maximum Gasteiger partial charge on any atom is 0.163 e. The molecule has 2 aromatic rings. The summed E-state index contributed by atoms with van der Waals surface area (Å²) in [6.45, 7) is 4.14. The van der Waals surface area contributed by atoms with E-state index in [1.807, 2.05) is 24.3 Å². The number of carbonyl (C=O) groups excluding carboxylic acids is 1. The van der Waals surface area contributed by atoms with Crippen molar-refractivity contribution in [2.24, 2.45) is 10.9 Å². The Kier molecular flexibility index (Phi) is 5.94. The second kappa shape index (κ2) is 8.63. The lowest BCUT2D eigenvalue weighted by Gasteiger charge is -2.35. The summed E-state index contributed by atoms with van der Waals surface area (Å²) in [5, 5.41) is 0. The molecule has 0 saturated heterocycles. The fourth-order valence-electron chi connectivity index (χ4n) is 4.80. The number of hydrogen-bond acceptors (Lipinski definition) is 4. The van der Waals surface area contributed by atoms with E-state index in [1.165, 1.54) is 18.4 Å². The maximum absolute atomic E-state index is 12.4. The lowest BCUT2D eigenvalue weighted by molar-refractivity contribution is 0.0968. The predicted octanol–water partition coefficient (Wildman–Crippen LogP) is 5.81. The molecule has 30 heavy (non-hydrogen) atoms. The minimum atomic E-state index is 0.196. The zero-order chi connectivity index (χ0) is 21.3. The summed E-state index contributed by atoms with van der Waals surface area (Å²) in [7, 11) is 3.36. The molecular formula is C26H31NO3. The molecule has 1 aliphatic carbocycles. The first kappa shape index (κ1) is 20.6. The average Bonchev–Trinajstić information content (AvgIpc) is 2.77. The Bertz CT molecular complexity index is 959. The predicted molar refractivity (Wildman–Crippen MR) is 120 cm³/mol. The highest BCUT2D eigenvalue weighted by atomic mass is 16.5. The Hall–Kier alpha value is -2.62. The van der Waals surface area contributed by atoms with Crippen LogP contribution in [0.5, 0.6) is 11.5 Å². The van der Waals surface area contributed by atoms with Gasteiger partial charge in [-0.15, -0.1) is 0 Å². The Morgan fingerprint density at radius 1 is 1.03 bits per heavy atom. The van der Waals surface area contributed by atoms with Crippen molar-refractivity contribution in [1.29, 1.82) is 0 Å². The molecule has 1 fully saturated rings. The summed E-state index contributed by atoms with van der Waals surface area (Å²) in [5.41, 5.74) is 5.25. The first-order chi connectivity index (χ1) is 14.5. The van der Waals surface area contributed by atoms with E-state index >= 15 is 0 Å². The van der Waals surface area contributed by atoms with Gasteiger partial charge in [0, 0.05) is 29.0 Å². The highest BCUT2D eigenvalue weighted by Crippen LogP contribution is 2.44. The molecule has 1 heterocycles. The van der Waals surface area contributed by atoms with Crippen LogP contribution in [0.15, 0.2) is 41.4 Å². The van der Waals surface area contributed by atoms with Crippen molar-refractivity contribution in [2.75, 3.05) is 14.2 Å². The van der Waals surface area contributed by atoms with E-state index < -0.39 is 0 Å². The van der Waals surface area contributed by atoms with E-state index in [1.54, 1.807) is 14.2 Å². The second-order valence-electron chi connectivity index (χ2n) is 8.83. The van der Waals surface area contributed by atoms with Crippen LogP contribution < -0.4 is 9.47 Å². The summed E-state index contributed by atoms with van der Waals surface area (Å²) in [6.07, 6.45) is 5.32. The van der Waals surface area contributed by atoms with Gasteiger partial charge in [-0.05, 0) is 36.5 Å². The molecular weight excluding hydrogens is 374 g/mol. The molecule has 4 heteroatoms. The van der Waals surface area contributed by atoms with Crippen LogP contribution in [-0.4, -0.2) is 31.8 Å². The summed E-state index contributed by atoms with van der Waals surface area (Å²) in [6, 6.07) is 12.5. The quantitative estimate of drug-likeness (QED) is 0.570. The molecule has 2 unspecified atom stereocenters. The average molecular weight is 406 g/mol. The largest absolute Gasteiger partial charge is 0.493 e. The number of fused-ring (bicyclic) bond motifs is 3. The van der Waals surface area contributed by atoms with Gasteiger partial charge in [0.05, 0.1) is 26.0 Å². The number of rotatable bonds is 6. The third-order valence-corrected chi connectivity index (χ3v) is 6.31. The minimum Gasteiger partial charge on any atom is -0.493 e. The van der Waals surface area contributed by atoms with Crippen LogP contribution in [-0.2, 0) is 0 Å². The molecule has 4 rings (SSSR count). The van der Waals surface area contributed by atoms with Gasteiger partial charge in [-0.3, -0.25) is 9.79 Å². The topological polar surface area (TPSA) is 47.9 Å². The number of carbonyl (C=O) groups is 1. The van der Waals surface area contributed by atoms with Gasteiger partial charge >= 0.3 is 0 Å². The molecule has 0 aromatic heterocycles. The normalized spacial score (nSPS) is 20.2. The molecule has 2 aliphatic rings. The Morgan fingerprint density at radius 3 is 2.37 bits per heavy atom. The van der Waals surface area contributed by atoms with E-state index in [-0.39, 0.29) is 5.78 Å². The lowest BCUT2D eigenvalue weighted by Crippen LogP contribution is -2.29. The summed E-state index contributed by atoms with van der Waals surface area (Å²) in [4.78, 5) is 17.6. The number of benzene rings is 2. The van der Waals surface area contributed by atoms with Crippen LogP contribution in [0.25, 0.3) is 0 Å². The molecule has 0 spiro atoms. The number of ketones is 1. The Morgan fingerprint density at radius 2 is 1.70 bits per heavy atom. The molecule has 158 valence electrons. The van der Waals surface area contributed by atoms with Crippen molar-refractivity contribution in [3.8, 4) is 11.5 Å². The first-order valence-electron chi connectivity index (χ1n) is 11.0. The monoisotopic (exact) mass is 405 g/mol. The van der Waals surface area contributed by atoms with Gasteiger partial charge < -0.3 is 9.47 Å². The highest BCUT2D eigenvalue weighted by molar-refractivity contribution is 6.15. The van der Waals surface area contributed by atoms with Crippen molar-refractivity contribution in [3.63, 3.8) is 0 Å². The van der Waals surface area contributed by atoms with Gasteiger partial charge in [0.2, 0.25) is 0 Å². The van der Waals surface area contributed by atoms with Crippen LogP contribution in [0.4, 0.5) is 0 Å². The smallest absolute Gasteiger partial charge is 0.163 e. The molecule has 0 N–H and O–H groups in total. The number of hydrogen-bond donors (Lipinski definition) is 0. The molecule has 1 aliphatic heterocycles. The SMILES string of the molecule is COc1cc2c(cc1OC)C1CCCCC1N=C2c1ccc(C(=O)CC(C)C)cc1. The second-order valence-corrected chi connectivity index (χ2v) is 8.83. The zero-order valence-electron chi connectivity index (χ0n) is 18.4. The molecule has 2 atom stereocenters. The van der Waals surface area contributed by atoms with E-state index in [0.717, 1.165) is 46.7 Å². The van der Waals surface area contributed by atoms with E-state index in [9.17, 15) is 4.79 Å². The molecule has 2 aromatic carbocycles. The Labute approximate surface area is 179 Å². The minimum absolute atomic E-state index is 0.196. The number of Topliss-reactive ketones (excluding diaryl/α,β-unsaturated/α-hetero) is 1. The van der Waals surface area contributed by atoms with Gasteiger partial charge in [-0.1, -0.05) is 51.0 Å². The van der Waals surface area contributed by atoms with Gasteiger partial charge in [0.25, 0.3) is 0 Å². The lowest BCUT2D eigenvalue weighted by atomic mass is 9.75. The van der Waals surface area contributed by atoms with Crippen LogP contribution >= 0.6 is 0 Å². The molecule has 0 bridgehead atoms. The van der Waals surface area contributed by atoms with Gasteiger partial charge in [-0.2, -0.15) is 0 Å². The van der Waals surface area contributed by atoms with Crippen molar-refractivity contribution >= 4 is 11.5 Å². The van der Waals surface area contributed by atoms with E-state index in [0.29, 0.717) is 24.3 Å². The van der Waals surface area contributed by atoms with Gasteiger partial charge in [0.1, 0.15) is 0 Å².